The van der Waals surface area contributed by atoms with E-state index in [2.05, 4.69) is 23.2 Å². The Morgan fingerprint density at radius 1 is 1.33 bits per heavy atom. The lowest BCUT2D eigenvalue weighted by molar-refractivity contribution is 0.290. The minimum Gasteiger partial charge on any atom is -0.481 e. The largest absolute Gasteiger partial charge is 0.481 e. The summed E-state index contributed by atoms with van der Waals surface area (Å²) in [6.45, 7) is 0.697. The van der Waals surface area contributed by atoms with E-state index in [9.17, 15) is 0 Å². The van der Waals surface area contributed by atoms with Crippen LogP contribution in [-0.2, 0) is 4.74 Å². The van der Waals surface area contributed by atoms with Crippen molar-refractivity contribution < 1.29 is 4.74 Å². The Morgan fingerprint density at radius 2 is 2.11 bits per heavy atom. The second-order valence-corrected chi connectivity index (χ2v) is 4.67. The molecule has 3 rings (SSSR count). The molecule has 92 valence electrons. The molecule has 0 fully saturated rings. The van der Waals surface area contributed by atoms with Crippen LogP contribution in [0.5, 0.6) is 0 Å². The van der Waals surface area contributed by atoms with Crippen LogP contribution in [0.15, 0.2) is 58.9 Å². The zero-order valence-electron chi connectivity index (χ0n) is 10.0. The Bertz CT molecular complexity index is 548. The third-order valence-corrected chi connectivity index (χ3v) is 3.49. The Kier molecular flexibility index (Phi) is 2.94. The maximum absolute atomic E-state index is 6.32. The number of benzene rings is 1. The summed E-state index contributed by atoms with van der Waals surface area (Å²) in [6, 6.07) is 10.1. The molecule has 0 radical (unpaired) electrons. The number of fused-ring (bicyclic) bond motifs is 1. The van der Waals surface area contributed by atoms with Gasteiger partial charge in [0.1, 0.15) is 0 Å². The molecule has 18 heavy (non-hydrogen) atoms. The van der Waals surface area contributed by atoms with Crippen molar-refractivity contribution in [3.8, 4) is 0 Å². The van der Waals surface area contributed by atoms with Gasteiger partial charge in [-0.3, -0.25) is 0 Å². The monoisotopic (exact) mass is 260 g/mol. The van der Waals surface area contributed by atoms with Crippen molar-refractivity contribution in [1.29, 1.82) is 0 Å². The first kappa shape index (κ1) is 11.5. The van der Waals surface area contributed by atoms with Crippen LogP contribution in [0.3, 0.4) is 0 Å². The molecule has 0 amide bonds. The second-order valence-electron chi connectivity index (χ2n) is 4.24. The number of halogens is 1. The average molecular weight is 261 g/mol. The predicted octanol–water partition coefficient (Wildman–Crippen LogP) is 3.07. The van der Waals surface area contributed by atoms with Crippen molar-refractivity contribution in [2.24, 2.45) is 4.99 Å². The van der Waals surface area contributed by atoms with Crippen LogP contribution in [0.1, 0.15) is 11.6 Å². The van der Waals surface area contributed by atoms with Gasteiger partial charge in [0.15, 0.2) is 0 Å². The van der Waals surface area contributed by atoms with Gasteiger partial charge in [-0.05, 0) is 17.3 Å². The molecule has 3 nitrogen and oxygen atoms in total. The maximum atomic E-state index is 6.32. The zero-order chi connectivity index (χ0) is 12.5. The van der Waals surface area contributed by atoms with Crippen molar-refractivity contribution in [3.05, 3.63) is 59.5 Å². The first-order chi connectivity index (χ1) is 8.79. The topological polar surface area (TPSA) is 24.8 Å². The molecule has 1 unspecified atom stereocenters. The van der Waals surface area contributed by atoms with Crippen LogP contribution in [0.4, 0.5) is 0 Å². The minimum absolute atomic E-state index is 0.0169. The van der Waals surface area contributed by atoms with Crippen molar-refractivity contribution in [1.82, 2.24) is 4.42 Å². The number of methoxy groups -OCH3 is 1. The van der Waals surface area contributed by atoms with Gasteiger partial charge in [-0.2, -0.15) is 0 Å². The number of hydrogen-bond acceptors (Lipinski definition) is 3. The number of ether oxygens (including phenoxy) is 1. The first-order valence-corrected chi connectivity index (χ1v) is 6.15. The first-order valence-electron chi connectivity index (χ1n) is 5.82. The highest BCUT2D eigenvalue weighted by atomic mass is 35.5. The zero-order valence-corrected chi connectivity index (χ0v) is 10.8. The summed E-state index contributed by atoms with van der Waals surface area (Å²) in [5.41, 5.74) is 3.21. The Balaban J connectivity index is 2.03. The molecule has 1 aromatic carbocycles. The number of hydrogen-bond donors (Lipinski definition) is 0. The van der Waals surface area contributed by atoms with Gasteiger partial charge in [0.25, 0.3) is 0 Å². The standard InChI is InChI=1S/C14H13ClN2O/c1-18-12-9-11-7-8-17(15)14(13(11)16-12)10-5-3-2-4-6-10/h2-7,9,14H,8H2,1H3. The molecular weight excluding hydrogens is 248 g/mol. The highest BCUT2D eigenvalue weighted by Crippen LogP contribution is 2.35. The van der Waals surface area contributed by atoms with Gasteiger partial charge in [-0.25, -0.2) is 9.41 Å². The third-order valence-electron chi connectivity index (χ3n) is 3.15. The molecule has 0 saturated carbocycles. The fraction of sp³-hybridized carbons (Fsp3) is 0.214. The number of allylic oxidation sites excluding steroid dienone is 1. The van der Waals surface area contributed by atoms with E-state index in [1.807, 2.05) is 24.3 Å². The van der Waals surface area contributed by atoms with Crippen LogP contribution in [0.2, 0.25) is 0 Å². The van der Waals surface area contributed by atoms with E-state index < -0.39 is 0 Å². The quantitative estimate of drug-likeness (QED) is 0.764. The average Bonchev–Trinajstić information content (AvgIpc) is 2.82. The van der Waals surface area contributed by atoms with Gasteiger partial charge in [-0.1, -0.05) is 36.4 Å². The minimum atomic E-state index is -0.0169. The predicted molar refractivity (Wildman–Crippen MR) is 72.4 cm³/mol. The van der Waals surface area contributed by atoms with E-state index in [1.54, 1.807) is 11.5 Å². The van der Waals surface area contributed by atoms with Crippen molar-refractivity contribution >= 4 is 17.5 Å². The van der Waals surface area contributed by atoms with Crippen LogP contribution >= 0.6 is 11.8 Å². The maximum Gasteiger partial charge on any atom is 0.213 e. The van der Waals surface area contributed by atoms with E-state index >= 15 is 0 Å². The highest BCUT2D eigenvalue weighted by Gasteiger charge is 2.32. The fourth-order valence-electron chi connectivity index (χ4n) is 2.29. The van der Waals surface area contributed by atoms with Crippen molar-refractivity contribution in [2.45, 2.75) is 6.04 Å². The molecule has 2 aliphatic rings. The molecular formula is C14H13ClN2O. The van der Waals surface area contributed by atoms with Gasteiger partial charge in [-0.15, -0.1) is 0 Å². The summed E-state index contributed by atoms with van der Waals surface area (Å²) in [7, 11) is 1.63. The smallest absolute Gasteiger partial charge is 0.213 e. The molecule has 0 N–H and O–H groups in total. The lowest BCUT2D eigenvalue weighted by atomic mass is 9.94. The summed E-state index contributed by atoms with van der Waals surface area (Å²) in [4.78, 5) is 4.50. The molecule has 1 atom stereocenters. The van der Waals surface area contributed by atoms with E-state index in [0.29, 0.717) is 12.4 Å². The summed E-state index contributed by atoms with van der Waals surface area (Å²) in [5, 5.41) is 0. The molecule has 2 aliphatic heterocycles. The summed E-state index contributed by atoms with van der Waals surface area (Å²) in [5.74, 6) is 0.643. The van der Waals surface area contributed by atoms with E-state index in [0.717, 1.165) is 16.8 Å². The SMILES string of the molecule is COC1=CC2=CCN(Cl)C(c3ccccc3)C2=N1. The van der Waals surface area contributed by atoms with Crippen LogP contribution < -0.4 is 0 Å². The molecule has 4 heteroatoms. The highest BCUT2D eigenvalue weighted by molar-refractivity contribution is 6.19. The second kappa shape index (κ2) is 4.59. The van der Waals surface area contributed by atoms with Crippen LogP contribution in [-0.4, -0.2) is 23.8 Å². The van der Waals surface area contributed by atoms with E-state index in [1.165, 1.54) is 0 Å². The summed E-state index contributed by atoms with van der Waals surface area (Å²) in [6.07, 6.45) is 4.02. The summed E-state index contributed by atoms with van der Waals surface area (Å²) >= 11 is 6.32. The van der Waals surface area contributed by atoms with Crippen LogP contribution in [0, 0.1) is 0 Å². The van der Waals surface area contributed by atoms with Crippen molar-refractivity contribution in [3.63, 3.8) is 0 Å². The normalized spacial score (nSPS) is 23.0. The molecule has 0 bridgehead atoms. The van der Waals surface area contributed by atoms with Gasteiger partial charge < -0.3 is 4.74 Å². The molecule has 1 aromatic rings. The van der Waals surface area contributed by atoms with Gasteiger partial charge in [0.05, 0.1) is 18.9 Å². The Hall–Kier alpha value is -1.58. The van der Waals surface area contributed by atoms with Crippen LogP contribution in [0.25, 0.3) is 0 Å². The van der Waals surface area contributed by atoms with Gasteiger partial charge in [0, 0.05) is 18.2 Å². The van der Waals surface area contributed by atoms with Gasteiger partial charge >= 0.3 is 0 Å². The van der Waals surface area contributed by atoms with Crippen molar-refractivity contribution in [2.75, 3.05) is 13.7 Å². The molecule has 0 spiro atoms. The molecule has 0 aromatic heterocycles. The Morgan fingerprint density at radius 3 is 2.83 bits per heavy atom. The number of rotatable bonds is 2. The molecule has 0 aliphatic carbocycles. The number of aliphatic imine (C=N–C) groups is 1. The van der Waals surface area contributed by atoms with E-state index in [-0.39, 0.29) is 6.04 Å². The summed E-state index contributed by atoms with van der Waals surface area (Å²) < 4.78 is 6.96. The molecule has 0 saturated heterocycles. The number of nitrogens with zero attached hydrogens (tertiary/aromatic N) is 2. The third kappa shape index (κ3) is 1.85. The van der Waals surface area contributed by atoms with Gasteiger partial charge in [0.2, 0.25) is 5.88 Å². The fourth-order valence-corrected chi connectivity index (χ4v) is 2.56. The lowest BCUT2D eigenvalue weighted by Crippen LogP contribution is -2.31. The lowest BCUT2D eigenvalue weighted by Gasteiger charge is -2.29. The Labute approximate surface area is 111 Å². The molecule has 2 heterocycles. The van der Waals surface area contributed by atoms with E-state index in [4.69, 9.17) is 16.5 Å².